The number of likely N-dealkylation sites (N-methyl/N-ethyl adjacent to an activating group) is 1. The molecular weight excluding hydrogens is 474 g/mol. The number of carbonyl (C=O) groups excluding carboxylic acids is 1. The van der Waals surface area contributed by atoms with Gasteiger partial charge in [-0.15, -0.1) is 0 Å². The van der Waals surface area contributed by atoms with Crippen LogP contribution in [0.2, 0.25) is 0 Å². The summed E-state index contributed by atoms with van der Waals surface area (Å²) in [6.45, 7) is 0.0892. The van der Waals surface area contributed by atoms with Gasteiger partial charge in [0.2, 0.25) is 0 Å². The van der Waals surface area contributed by atoms with E-state index in [1.807, 2.05) is 0 Å². The molecule has 14 heteroatoms. The number of nitrogens with one attached hydrogen (secondary N) is 1. The highest BCUT2D eigenvalue weighted by Gasteiger charge is 2.39. The number of morpholine rings is 1. The van der Waals surface area contributed by atoms with Gasteiger partial charge < -0.3 is 19.7 Å². The van der Waals surface area contributed by atoms with E-state index < -0.39 is 24.9 Å². The first kappa shape index (κ1) is 25.7. The molecule has 1 amide bonds. The minimum atomic E-state index is -5.08. The van der Waals surface area contributed by atoms with Gasteiger partial charge in [-0.1, -0.05) is 0 Å². The Morgan fingerprint density at radius 3 is 2.29 bits per heavy atom. The van der Waals surface area contributed by atoms with E-state index in [9.17, 15) is 31.1 Å². The van der Waals surface area contributed by atoms with Crippen LogP contribution in [0.1, 0.15) is 23.2 Å². The van der Waals surface area contributed by atoms with E-state index in [-0.39, 0.29) is 35.2 Å². The number of amides is 1. The molecule has 34 heavy (non-hydrogen) atoms. The lowest BCUT2D eigenvalue weighted by molar-refractivity contribution is -0.192. The van der Waals surface area contributed by atoms with Crippen LogP contribution in [-0.2, 0) is 16.1 Å². The summed E-state index contributed by atoms with van der Waals surface area (Å²) >= 11 is 0. The number of hydrogen-bond acceptors (Lipinski definition) is 5. The largest absolute Gasteiger partial charge is 0.490 e. The van der Waals surface area contributed by atoms with Gasteiger partial charge in [0.05, 0.1) is 18.8 Å². The zero-order valence-corrected chi connectivity index (χ0v) is 17.9. The van der Waals surface area contributed by atoms with Crippen LogP contribution in [0.5, 0.6) is 0 Å². The van der Waals surface area contributed by atoms with Gasteiger partial charge in [-0.3, -0.25) is 9.69 Å². The van der Waals surface area contributed by atoms with Crippen LogP contribution in [0.4, 0.5) is 26.3 Å². The van der Waals surface area contributed by atoms with Gasteiger partial charge in [-0.25, -0.2) is 9.78 Å². The molecule has 0 aromatic carbocycles. The normalized spacial score (nSPS) is 23.2. The molecule has 2 bridgehead atoms. The summed E-state index contributed by atoms with van der Waals surface area (Å²) in [5, 5.41) is 10.6. The van der Waals surface area contributed by atoms with Crippen molar-refractivity contribution < 1.29 is 45.8 Å². The van der Waals surface area contributed by atoms with E-state index in [1.165, 1.54) is 12.4 Å². The van der Waals surface area contributed by atoms with Crippen molar-refractivity contribution in [1.82, 2.24) is 19.8 Å². The number of piperidine rings is 1. The second-order valence-electron chi connectivity index (χ2n) is 8.12. The fourth-order valence-electron chi connectivity index (χ4n) is 4.09. The standard InChI is InChI=1S/C18H21F3N4O2.C2HF3O2/c1-24-12-5-11(6-13(24)9-27-8-12)23-17(26)15-7-25(10-18(19,20)21)16-14(15)3-2-4-22-16;3-2(4,5)1(6)7/h2-4,7,11-13H,5-6,8-10H2,1H3,(H,23,26);(H,6,7)/t11-,12-,13+;. The van der Waals surface area contributed by atoms with Gasteiger partial charge in [0.1, 0.15) is 12.2 Å². The minimum absolute atomic E-state index is 0.0229. The van der Waals surface area contributed by atoms with Crippen molar-refractivity contribution >= 4 is 22.9 Å². The highest BCUT2D eigenvalue weighted by molar-refractivity contribution is 6.06. The number of fused-ring (bicyclic) bond motifs is 3. The molecule has 8 nitrogen and oxygen atoms in total. The fraction of sp³-hybridized carbons (Fsp3) is 0.550. The van der Waals surface area contributed by atoms with Crippen molar-refractivity contribution in [3.8, 4) is 0 Å². The van der Waals surface area contributed by atoms with E-state index in [0.717, 1.165) is 17.4 Å². The van der Waals surface area contributed by atoms with Crippen LogP contribution in [0, 0.1) is 0 Å². The lowest BCUT2D eigenvalue weighted by Crippen LogP contribution is -2.59. The summed E-state index contributed by atoms with van der Waals surface area (Å²) in [4.78, 5) is 28.0. The van der Waals surface area contributed by atoms with Crippen LogP contribution in [-0.4, -0.2) is 82.2 Å². The Hall–Kier alpha value is -2.87. The molecule has 0 unspecified atom stereocenters. The van der Waals surface area contributed by atoms with Gasteiger partial charge in [0.25, 0.3) is 5.91 Å². The molecule has 3 atom stereocenters. The predicted molar refractivity (Wildman–Crippen MR) is 106 cm³/mol. The Kier molecular flexibility index (Phi) is 7.41. The summed E-state index contributed by atoms with van der Waals surface area (Å²) < 4.78 is 76.9. The van der Waals surface area contributed by atoms with Gasteiger partial charge in [-0.05, 0) is 32.0 Å². The molecule has 2 aliphatic rings. The third kappa shape index (κ3) is 6.17. The minimum Gasteiger partial charge on any atom is -0.475 e. The van der Waals surface area contributed by atoms with E-state index >= 15 is 0 Å². The third-order valence-electron chi connectivity index (χ3n) is 5.69. The molecule has 0 spiro atoms. The topological polar surface area (TPSA) is 96.7 Å². The number of aliphatic carboxylic acids is 1. The van der Waals surface area contributed by atoms with Crippen LogP contribution < -0.4 is 5.32 Å². The van der Waals surface area contributed by atoms with Crippen molar-refractivity contribution in [1.29, 1.82) is 0 Å². The first-order valence-electron chi connectivity index (χ1n) is 10.2. The predicted octanol–water partition coefficient (Wildman–Crippen LogP) is 2.82. The lowest BCUT2D eigenvalue weighted by Gasteiger charge is -2.46. The fourth-order valence-corrected chi connectivity index (χ4v) is 4.09. The Balaban J connectivity index is 0.000000406. The van der Waals surface area contributed by atoms with E-state index in [1.54, 1.807) is 12.1 Å². The molecular formula is C20H22F6N4O4. The second kappa shape index (κ2) is 9.78. The van der Waals surface area contributed by atoms with E-state index in [2.05, 4.69) is 22.2 Å². The van der Waals surface area contributed by atoms with Crippen molar-refractivity contribution in [2.75, 3.05) is 20.3 Å². The number of carboxylic acid groups (broad SMARTS) is 1. The van der Waals surface area contributed by atoms with Crippen LogP contribution in [0.15, 0.2) is 24.5 Å². The van der Waals surface area contributed by atoms with Crippen molar-refractivity contribution in [3.05, 3.63) is 30.1 Å². The molecule has 0 saturated carbocycles. The first-order chi connectivity index (χ1) is 15.8. The number of aromatic nitrogens is 2. The molecule has 2 saturated heterocycles. The molecule has 2 aliphatic heterocycles. The molecule has 0 radical (unpaired) electrons. The summed E-state index contributed by atoms with van der Waals surface area (Å²) in [5.74, 6) is -3.12. The first-order valence-corrected chi connectivity index (χ1v) is 10.2. The van der Waals surface area contributed by atoms with Crippen molar-refractivity contribution in [2.45, 2.75) is 49.9 Å². The lowest BCUT2D eigenvalue weighted by atomic mass is 9.90. The number of ether oxygens (including phenoxy) is 1. The van der Waals surface area contributed by atoms with Gasteiger partial charge >= 0.3 is 18.3 Å². The Bertz CT molecular complexity index is 1020. The second-order valence-corrected chi connectivity index (χ2v) is 8.12. The number of rotatable bonds is 3. The van der Waals surface area contributed by atoms with E-state index in [4.69, 9.17) is 14.6 Å². The monoisotopic (exact) mass is 496 g/mol. The van der Waals surface area contributed by atoms with Gasteiger partial charge in [0.15, 0.2) is 0 Å². The zero-order chi connectivity index (χ0) is 25.3. The average Bonchev–Trinajstić information content (AvgIpc) is 3.06. The van der Waals surface area contributed by atoms with E-state index in [0.29, 0.717) is 18.6 Å². The zero-order valence-electron chi connectivity index (χ0n) is 17.9. The summed E-state index contributed by atoms with van der Waals surface area (Å²) in [5.41, 5.74) is 0.385. The average molecular weight is 496 g/mol. The van der Waals surface area contributed by atoms with Crippen LogP contribution in [0.3, 0.4) is 0 Å². The highest BCUT2D eigenvalue weighted by Crippen LogP contribution is 2.28. The molecule has 2 aromatic rings. The maximum atomic E-state index is 12.9. The molecule has 0 aliphatic carbocycles. The molecule has 2 N–H and O–H groups in total. The van der Waals surface area contributed by atoms with Gasteiger partial charge in [-0.2, -0.15) is 26.3 Å². The number of carboxylic acids is 1. The van der Waals surface area contributed by atoms with Crippen molar-refractivity contribution in [3.63, 3.8) is 0 Å². The number of hydrogen-bond donors (Lipinski definition) is 2. The maximum absolute atomic E-state index is 12.9. The third-order valence-corrected chi connectivity index (χ3v) is 5.69. The van der Waals surface area contributed by atoms with Crippen LogP contribution in [0.25, 0.3) is 11.0 Å². The van der Waals surface area contributed by atoms with Crippen molar-refractivity contribution in [2.24, 2.45) is 0 Å². The number of carbonyl (C=O) groups is 2. The van der Waals surface area contributed by atoms with Gasteiger partial charge in [0, 0.05) is 35.9 Å². The summed E-state index contributed by atoms with van der Waals surface area (Å²) in [6.07, 6.45) is -5.27. The highest BCUT2D eigenvalue weighted by atomic mass is 19.4. The maximum Gasteiger partial charge on any atom is 0.490 e. The molecule has 4 rings (SSSR count). The summed E-state index contributed by atoms with van der Waals surface area (Å²) in [7, 11) is 2.06. The molecule has 2 fully saturated rings. The molecule has 2 aromatic heterocycles. The Morgan fingerprint density at radius 2 is 1.76 bits per heavy atom. The quantitative estimate of drug-likeness (QED) is 0.635. The SMILES string of the molecule is CN1[C@@H]2COC[C@H]1C[C@@H](NC(=O)c1cn(CC(F)(F)F)c3ncccc13)C2.O=C(O)C(F)(F)F. The smallest absolute Gasteiger partial charge is 0.475 e. The number of pyridine rings is 1. The molecule has 4 heterocycles. The number of nitrogens with zero attached hydrogens (tertiary/aromatic N) is 3. The Morgan fingerprint density at radius 1 is 1.18 bits per heavy atom. The summed E-state index contributed by atoms with van der Waals surface area (Å²) in [6, 6.07) is 3.72. The Labute approximate surface area is 189 Å². The van der Waals surface area contributed by atoms with Crippen LogP contribution >= 0.6 is 0 Å². The number of halogens is 6. The molecule has 188 valence electrons. The number of alkyl halides is 6.